The van der Waals surface area contributed by atoms with E-state index in [9.17, 15) is 9.59 Å². The number of rotatable bonds is 8. The van der Waals surface area contributed by atoms with E-state index in [4.69, 9.17) is 0 Å². The molecule has 2 amide bonds. The molecule has 0 bridgehead atoms. The van der Waals surface area contributed by atoms with E-state index < -0.39 is 0 Å². The van der Waals surface area contributed by atoms with Crippen LogP contribution in [0.25, 0.3) is 0 Å². The fourth-order valence-electron chi connectivity index (χ4n) is 3.54. The van der Waals surface area contributed by atoms with Crippen molar-refractivity contribution in [3.05, 3.63) is 36.4 Å². The van der Waals surface area contributed by atoms with Crippen molar-refractivity contribution in [1.29, 1.82) is 0 Å². The van der Waals surface area contributed by atoms with Gasteiger partial charge in [0.2, 0.25) is 11.8 Å². The van der Waals surface area contributed by atoms with Gasteiger partial charge < -0.3 is 15.5 Å². The summed E-state index contributed by atoms with van der Waals surface area (Å²) < 4.78 is 0. The first-order chi connectivity index (χ1) is 15.1. The number of carbonyl (C=O) groups excluding carboxylic acids is 2. The van der Waals surface area contributed by atoms with Gasteiger partial charge in [0.05, 0.1) is 11.7 Å². The smallest absolute Gasteiger partial charge is 0.234 e. The molecule has 31 heavy (non-hydrogen) atoms. The van der Waals surface area contributed by atoms with E-state index in [0.717, 1.165) is 48.6 Å². The molecule has 1 atom stereocenters. The molecule has 1 saturated carbocycles. The Morgan fingerprint density at radius 2 is 2.03 bits per heavy atom. The summed E-state index contributed by atoms with van der Waals surface area (Å²) in [6.07, 6.45) is 6.11. The van der Waals surface area contributed by atoms with Gasteiger partial charge in [-0.15, -0.1) is 22.0 Å². The van der Waals surface area contributed by atoms with Crippen molar-refractivity contribution in [2.75, 3.05) is 35.3 Å². The minimum atomic E-state index is -0.0744. The van der Waals surface area contributed by atoms with Crippen LogP contribution < -0.4 is 15.5 Å². The summed E-state index contributed by atoms with van der Waals surface area (Å²) in [5, 5.41) is 15.4. The number of amides is 2. The summed E-state index contributed by atoms with van der Waals surface area (Å²) in [5.41, 5.74) is 0.796. The van der Waals surface area contributed by atoms with E-state index in [1.54, 1.807) is 11.8 Å². The third-order valence-electron chi connectivity index (χ3n) is 5.37. The van der Waals surface area contributed by atoms with E-state index in [1.165, 1.54) is 11.8 Å². The molecule has 2 aliphatic rings. The maximum absolute atomic E-state index is 12.4. The highest BCUT2D eigenvalue weighted by molar-refractivity contribution is 8.00. The average Bonchev–Trinajstić information content (AvgIpc) is 3.62. The lowest BCUT2D eigenvalue weighted by Gasteiger charge is -2.32. The number of nitrogens with zero attached hydrogens (tertiary/aromatic N) is 3. The molecule has 1 aliphatic heterocycles. The number of nitrogens with one attached hydrogen (secondary N) is 2. The van der Waals surface area contributed by atoms with Crippen LogP contribution in [-0.4, -0.2) is 53.2 Å². The second-order valence-corrected chi connectivity index (χ2v) is 9.74. The second-order valence-electron chi connectivity index (χ2n) is 7.87. The van der Waals surface area contributed by atoms with Crippen LogP contribution in [0.1, 0.15) is 25.7 Å². The molecule has 1 aromatic carbocycles. The van der Waals surface area contributed by atoms with Gasteiger partial charge >= 0.3 is 0 Å². The molecule has 7 nitrogen and oxygen atoms in total. The first-order valence-corrected chi connectivity index (χ1v) is 12.8. The molecule has 0 radical (unpaired) electrons. The first-order valence-electron chi connectivity index (χ1n) is 10.6. The van der Waals surface area contributed by atoms with Gasteiger partial charge in [-0.25, -0.2) is 0 Å². The quantitative estimate of drug-likeness (QED) is 0.587. The van der Waals surface area contributed by atoms with Crippen LogP contribution in [-0.2, 0) is 9.59 Å². The summed E-state index contributed by atoms with van der Waals surface area (Å²) in [7, 11) is 0. The Morgan fingerprint density at radius 1 is 1.16 bits per heavy atom. The average molecular weight is 458 g/mol. The van der Waals surface area contributed by atoms with Crippen molar-refractivity contribution in [2.45, 2.75) is 41.6 Å². The monoisotopic (exact) mass is 457 g/mol. The van der Waals surface area contributed by atoms with Gasteiger partial charge in [-0.1, -0.05) is 17.8 Å². The molecule has 2 heterocycles. The Balaban J connectivity index is 1.26. The predicted octanol–water partition coefficient (Wildman–Crippen LogP) is 3.42. The van der Waals surface area contributed by atoms with Crippen LogP contribution in [0.3, 0.4) is 0 Å². The number of piperidine rings is 1. The van der Waals surface area contributed by atoms with Crippen LogP contribution in [0, 0.1) is 5.92 Å². The van der Waals surface area contributed by atoms with Crippen molar-refractivity contribution < 1.29 is 9.59 Å². The maximum atomic E-state index is 12.4. The molecule has 1 saturated heterocycles. The fraction of sp³-hybridized carbons (Fsp3) is 0.455. The molecular weight excluding hydrogens is 430 g/mol. The van der Waals surface area contributed by atoms with Crippen LogP contribution in [0.5, 0.6) is 0 Å². The largest absolute Gasteiger partial charge is 0.354 e. The number of carbonyl (C=O) groups is 2. The standard InChI is InChI=1S/C22H27N5O2S2/c1-30-18-6-2-5-17(12-18)23-20(28)14-31-21-10-9-19(25-26-21)27-11-3-4-15(13-27)22(29)24-16-7-8-16/h2,5-6,9-10,12,15-16H,3-4,7-8,11,13-14H2,1H3,(H,23,28)(H,24,29)/t15-/m1/s1. The van der Waals surface area contributed by atoms with Gasteiger partial charge in [-0.3, -0.25) is 9.59 Å². The minimum absolute atomic E-state index is 0.0125. The fourth-order valence-corrected chi connectivity index (χ4v) is 4.62. The lowest BCUT2D eigenvalue weighted by Crippen LogP contribution is -2.44. The molecule has 1 aliphatic carbocycles. The van der Waals surface area contributed by atoms with Crippen LogP contribution >= 0.6 is 23.5 Å². The zero-order valence-electron chi connectivity index (χ0n) is 17.5. The molecule has 9 heteroatoms. The highest BCUT2D eigenvalue weighted by atomic mass is 32.2. The molecule has 0 unspecified atom stereocenters. The third kappa shape index (κ3) is 6.36. The van der Waals surface area contributed by atoms with Crippen LogP contribution in [0.4, 0.5) is 11.5 Å². The Labute approximate surface area is 191 Å². The van der Waals surface area contributed by atoms with Gasteiger partial charge in [0.1, 0.15) is 5.03 Å². The summed E-state index contributed by atoms with van der Waals surface area (Å²) >= 11 is 3.00. The van der Waals surface area contributed by atoms with Gasteiger partial charge in [0.25, 0.3) is 0 Å². The van der Waals surface area contributed by atoms with Crippen molar-refractivity contribution in [2.24, 2.45) is 5.92 Å². The normalized spacial score (nSPS) is 18.5. The Bertz CT molecular complexity index is 920. The van der Waals surface area contributed by atoms with Crippen LogP contribution in [0.2, 0.25) is 0 Å². The molecule has 1 aromatic heterocycles. The van der Waals surface area contributed by atoms with E-state index in [2.05, 4.69) is 25.7 Å². The highest BCUT2D eigenvalue weighted by Gasteiger charge is 2.30. The van der Waals surface area contributed by atoms with E-state index in [0.29, 0.717) is 17.6 Å². The SMILES string of the molecule is CSc1cccc(NC(=O)CSc2ccc(N3CCC[C@@H](C(=O)NC4CC4)C3)nn2)c1. The van der Waals surface area contributed by atoms with Gasteiger partial charge in [-0.05, 0) is 62.3 Å². The predicted molar refractivity (Wildman–Crippen MR) is 126 cm³/mol. The summed E-state index contributed by atoms with van der Waals surface area (Å²) in [6, 6.07) is 12.0. The molecule has 2 N–H and O–H groups in total. The van der Waals surface area contributed by atoms with E-state index in [-0.39, 0.29) is 23.5 Å². The number of aromatic nitrogens is 2. The molecule has 164 valence electrons. The van der Waals surface area contributed by atoms with E-state index in [1.807, 2.05) is 42.7 Å². The lowest BCUT2D eigenvalue weighted by molar-refractivity contribution is -0.125. The lowest BCUT2D eigenvalue weighted by atomic mass is 9.97. The third-order valence-corrected chi connectivity index (χ3v) is 7.02. The second kappa shape index (κ2) is 10.4. The summed E-state index contributed by atoms with van der Waals surface area (Å²) in [4.78, 5) is 27.9. The zero-order chi connectivity index (χ0) is 21.6. The Hall–Kier alpha value is -2.26. The van der Waals surface area contributed by atoms with Crippen molar-refractivity contribution in [3.63, 3.8) is 0 Å². The number of anilines is 2. The first kappa shape index (κ1) is 22.0. The number of benzene rings is 1. The number of hydrogen-bond acceptors (Lipinski definition) is 7. The molecule has 2 fully saturated rings. The van der Waals surface area contributed by atoms with Crippen molar-refractivity contribution in [1.82, 2.24) is 15.5 Å². The molecule has 4 rings (SSSR count). The summed E-state index contributed by atoms with van der Waals surface area (Å²) in [6.45, 7) is 1.56. The van der Waals surface area contributed by atoms with Gasteiger partial charge in [0.15, 0.2) is 5.82 Å². The maximum Gasteiger partial charge on any atom is 0.234 e. The number of hydrogen-bond donors (Lipinski definition) is 2. The Morgan fingerprint density at radius 3 is 2.77 bits per heavy atom. The van der Waals surface area contributed by atoms with E-state index >= 15 is 0 Å². The highest BCUT2D eigenvalue weighted by Crippen LogP contribution is 2.25. The van der Waals surface area contributed by atoms with Crippen LogP contribution in [0.15, 0.2) is 46.3 Å². The van der Waals surface area contributed by atoms with Gasteiger partial charge in [-0.2, -0.15) is 0 Å². The van der Waals surface area contributed by atoms with Gasteiger partial charge in [0, 0.05) is 29.7 Å². The molecular formula is C22H27N5O2S2. The zero-order valence-corrected chi connectivity index (χ0v) is 19.2. The number of thioether (sulfide) groups is 2. The van der Waals surface area contributed by atoms with Crippen molar-refractivity contribution >= 4 is 46.8 Å². The summed E-state index contributed by atoms with van der Waals surface area (Å²) in [5.74, 6) is 1.16. The Kier molecular flexibility index (Phi) is 7.34. The molecule has 0 spiro atoms. The molecule has 2 aromatic rings. The topological polar surface area (TPSA) is 87.2 Å². The van der Waals surface area contributed by atoms with Crippen molar-refractivity contribution in [3.8, 4) is 0 Å². The minimum Gasteiger partial charge on any atom is -0.354 e.